The van der Waals surface area contributed by atoms with Crippen LogP contribution in [0.5, 0.6) is 5.75 Å². The minimum atomic E-state index is -0.389. The zero-order valence-electron chi connectivity index (χ0n) is 18.0. The summed E-state index contributed by atoms with van der Waals surface area (Å²) in [7, 11) is 0. The molecule has 0 aliphatic carbocycles. The van der Waals surface area contributed by atoms with Crippen LogP contribution < -0.4 is 9.64 Å². The Morgan fingerprint density at radius 1 is 1.03 bits per heavy atom. The number of carbonyl (C=O) groups is 1. The second kappa shape index (κ2) is 9.24. The predicted octanol–water partition coefficient (Wildman–Crippen LogP) is 5.82. The van der Waals surface area contributed by atoms with Crippen molar-refractivity contribution in [2.45, 2.75) is 25.3 Å². The molecule has 1 aliphatic rings. The number of aromatic nitrogens is 2. The van der Waals surface area contributed by atoms with E-state index < -0.39 is 0 Å². The first kappa shape index (κ1) is 21.5. The average molecular weight is 464 g/mol. The number of aryl methyl sites for hydroxylation is 1. The average Bonchev–Trinajstić information content (AvgIpc) is 3.39. The second-order valence-corrected chi connectivity index (χ2v) is 8.56. The molecule has 4 aromatic rings. The third-order valence-corrected chi connectivity index (χ3v) is 6.18. The number of amides is 1. The van der Waals surface area contributed by atoms with Gasteiger partial charge in [0.2, 0.25) is 5.91 Å². The SMILES string of the molecule is O=C1CC(c2nc3ccccc3n2CCCOc2ccc(Cl)cc2)CN1c1ccccc1F. The normalized spacial score (nSPS) is 16.0. The standard InChI is InChI=1S/C26H23ClFN3O2/c27-19-10-12-20(13-11-19)33-15-5-14-30-24-9-4-2-7-22(24)29-26(30)18-16-25(32)31(17-18)23-8-3-1-6-21(23)28/h1-4,6-13,18H,5,14-17H2. The number of hydrogen-bond acceptors (Lipinski definition) is 3. The van der Waals surface area contributed by atoms with Gasteiger partial charge >= 0.3 is 0 Å². The molecule has 1 atom stereocenters. The maximum Gasteiger partial charge on any atom is 0.227 e. The molecule has 1 aliphatic heterocycles. The fraction of sp³-hybridized carbons (Fsp3) is 0.231. The van der Waals surface area contributed by atoms with Crippen LogP contribution >= 0.6 is 11.6 Å². The number of fused-ring (bicyclic) bond motifs is 1. The highest BCUT2D eigenvalue weighted by Crippen LogP contribution is 2.34. The Morgan fingerprint density at radius 2 is 1.79 bits per heavy atom. The molecular weight excluding hydrogens is 441 g/mol. The quantitative estimate of drug-likeness (QED) is 0.324. The van der Waals surface area contributed by atoms with Crippen molar-refractivity contribution in [2.24, 2.45) is 0 Å². The summed E-state index contributed by atoms with van der Waals surface area (Å²) in [4.78, 5) is 19.2. The van der Waals surface area contributed by atoms with Gasteiger partial charge in [-0.3, -0.25) is 4.79 Å². The summed E-state index contributed by atoms with van der Waals surface area (Å²) in [5, 5.41) is 0.674. The Hall–Kier alpha value is -3.38. The molecular formula is C26H23ClFN3O2. The minimum Gasteiger partial charge on any atom is -0.494 e. The van der Waals surface area contributed by atoms with E-state index in [2.05, 4.69) is 4.57 Å². The van der Waals surface area contributed by atoms with E-state index in [4.69, 9.17) is 21.3 Å². The summed E-state index contributed by atoms with van der Waals surface area (Å²) in [5.74, 6) is 1.04. The molecule has 0 spiro atoms. The van der Waals surface area contributed by atoms with Gasteiger partial charge in [0.25, 0.3) is 0 Å². The Morgan fingerprint density at radius 3 is 2.61 bits per heavy atom. The predicted molar refractivity (Wildman–Crippen MR) is 127 cm³/mol. The van der Waals surface area contributed by atoms with Gasteiger partial charge in [0.1, 0.15) is 17.4 Å². The number of carbonyl (C=O) groups excluding carboxylic acids is 1. The number of hydrogen-bond donors (Lipinski definition) is 0. The van der Waals surface area contributed by atoms with Gasteiger partial charge in [-0.15, -0.1) is 0 Å². The molecule has 33 heavy (non-hydrogen) atoms. The van der Waals surface area contributed by atoms with Crippen LogP contribution in [0.3, 0.4) is 0 Å². The van der Waals surface area contributed by atoms with Gasteiger partial charge in [-0.2, -0.15) is 0 Å². The summed E-state index contributed by atoms with van der Waals surface area (Å²) >= 11 is 5.93. The van der Waals surface area contributed by atoms with Gasteiger partial charge in [0.05, 0.1) is 23.3 Å². The van der Waals surface area contributed by atoms with E-state index >= 15 is 0 Å². The molecule has 1 aromatic heterocycles. The van der Waals surface area contributed by atoms with Crippen LogP contribution in [0.1, 0.15) is 24.6 Å². The molecule has 1 saturated heterocycles. The monoisotopic (exact) mass is 463 g/mol. The van der Waals surface area contributed by atoms with E-state index in [1.807, 2.05) is 36.4 Å². The van der Waals surface area contributed by atoms with Crippen LogP contribution in [0.4, 0.5) is 10.1 Å². The third-order valence-electron chi connectivity index (χ3n) is 5.93. The fourth-order valence-electron chi connectivity index (χ4n) is 4.37. The first-order valence-corrected chi connectivity index (χ1v) is 11.4. The van der Waals surface area contributed by atoms with Crippen LogP contribution in [0, 0.1) is 5.82 Å². The summed E-state index contributed by atoms with van der Waals surface area (Å²) < 4.78 is 22.3. The zero-order chi connectivity index (χ0) is 22.8. The lowest BCUT2D eigenvalue weighted by Gasteiger charge is -2.18. The Labute approximate surface area is 196 Å². The molecule has 1 unspecified atom stereocenters. The zero-order valence-corrected chi connectivity index (χ0v) is 18.7. The van der Waals surface area contributed by atoms with Gasteiger partial charge in [-0.1, -0.05) is 35.9 Å². The molecule has 2 heterocycles. The van der Waals surface area contributed by atoms with Crippen molar-refractivity contribution in [1.82, 2.24) is 9.55 Å². The number of imidazole rings is 1. The number of benzene rings is 3. The van der Waals surface area contributed by atoms with Crippen molar-refractivity contribution in [3.05, 3.63) is 89.5 Å². The summed E-state index contributed by atoms with van der Waals surface area (Å²) in [5.41, 5.74) is 2.24. The van der Waals surface area contributed by atoms with Gasteiger partial charge in [-0.05, 0) is 55.0 Å². The van der Waals surface area contributed by atoms with Crippen LogP contribution in [0.15, 0.2) is 72.8 Å². The number of halogens is 2. The first-order valence-electron chi connectivity index (χ1n) is 11.0. The Kier molecular flexibility index (Phi) is 6.01. The first-order chi connectivity index (χ1) is 16.1. The van der Waals surface area contributed by atoms with Gasteiger partial charge in [0, 0.05) is 30.5 Å². The summed E-state index contributed by atoms with van der Waals surface area (Å²) in [6.45, 7) is 1.65. The van der Waals surface area contributed by atoms with Crippen LogP contribution in [0.25, 0.3) is 11.0 Å². The number of anilines is 1. The lowest BCUT2D eigenvalue weighted by atomic mass is 10.1. The lowest BCUT2D eigenvalue weighted by molar-refractivity contribution is -0.117. The summed E-state index contributed by atoms with van der Waals surface area (Å²) in [6, 6.07) is 21.7. The van der Waals surface area contributed by atoms with Crippen molar-refractivity contribution in [3.8, 4) is 5.75 Å². The fourth-order valence-corrected chi connectivity index (χ4v) is 4.49. The topological polar surface area (TPSA) is 47.4 Å². The maximum atomic E-state index is 14.3. The second-order valence-electron chi connectivity index (χ2n) is 8.12. The maximum absolute atomic E-state index is 14.3. The molecule has 0 radical (unpaired) electrons. The molecule has 5 rings (SSSR count). The van der Waals surface area contributed by atoms with E-state index in [0.717, 1.165) is 29.0 Å². The van der Waals surface area contributed by atoms with Crippen molar-refractivity contribution < 1.29 is 13.9 Å². The van der Waals surface area contributed by atoms with Crippen molar-refractivity contribution >= 4 is 34.2 Å². The minimum absolute atomic E-state index is 0.0882. The molecule has 5 nitrogen and oxygen atoms in total. The molecule has 3 aromatic carbocycles. The Balaban J connectivity index is 1.35. The van der Waals surface area contributed by atoms with Crippen LogP contribution in [-0.2, 0) is 11.3 Å². The molecule has 1 amide bonds. The highest BCUT2D eigenvalue weighted by Gasteiger charge is 2.35. The number of para-hydroxylation sites is 3. The van der Waals surface area contributed by atoms with Crippen LogP contribution in [-0.4, -0.2) is 28.6 Å². The van der Waals surface area contributed by atoms with Crippen molar-refractivity contribution in [3.63, 3.8) is 0 Å². The summed E-state index contributed by atoms with van der Waals surface area (Å²) in [6.07, 6.45) is 1.08. The van der Waals surface area contributed by atoms with Gasteiger partial charge in [-0.25, -0.2) is 9.37 Å². The molecule has 0 N–H and O–H groups in total. The van der Waals surface area contributed by atoms with E-state index in [0.29, 0.717) is 36.8 Å². The lowest BCUT2D eigenvalue weighted by Crippen LogP contribution is -2.25. The molecule has 168 valence electrons. The molecule has 0 saturated carbocycles. The molecule has 0 bridgehead atoms. The van der Waals surface area contributed by atoms with E-state index in [-0.39, 0.29) is 17.6 Å². The number of ether oxygens (including phenoxy) is 1. The van der Waals surface area contributed by atoms with E-state index in [9.17, 15) is 9.18 Å². The Bertz CT molecular complexity index is 1290. The number of rotatable bonds is 7. The van der Waals surface area contributed by atoms with Crippen molar-refractivity contribution in [2.75, 3.05) is 18.1 Å². The highest BCUT2D eigenvalue weighted by molar-refractivity contribution is 6.30. The van der Waals surface area contributed by atoms with Gasteiger partial charge < -0.3 is 14.2 Å². The largest absolute Gasteiger partial charge is 0.494 e. The van der Waals surface area contributed by atoms with Crippen LogP contribution in [0.2, 0.25) is 5.02 Å². The van der Waals surface area contributed by atoms with Gasteiger partial charge in [0.15, 0.2) is 0 Å². The molecule has 1 fully saturated rings. The van der Waals surface area contributed by atoms with E-state index in [1.165, 1.54) is 11.0 Å². The highest BCUT2D eigenvalue weighted by atomic mass is 35.5. The molecule has 7 heteroatoms. The van der Waals surface area contributed by atoms with Crippen molar-refractivity contribution in [1.29, 1.82) is 0 Å². The third kappa shape index (κ3) is 4.44. The van der Waals surface area contributed by atoms with E-state index in [1.54, 1.807) is 30.3 Å². The smallest absolute Gasteiger partial charge is 0.227 e. The number of nitrogens with zero attached hydrogens (tertiary/aromatic N) is 3.